The summed E-state index contributed by atoms with van der Waals surface area (Å²) in [4.78, 5) is 23.9. The quantitative estimate of drug-likeness (QED) is 0.271. The summed E-state index contributed by atoms with van der Waals surface area (Å²) in [7, 11) is 0. The van der Waals surface area contributed by atoms with Crippen molar-refractivity contribution in [3.63, 3.8) is 0 Å². The minimum absolute atomic E-state index is 0.222. The molecule has 0 unspecified atom stereocenters. The van der Waals surface area contributed by atoms with E-state index in [9.17, 15) is 9.59 Å². The fraction of sp³-hybridized carbons (Fsp3) is 0.0500. The molecule has 2 amide bonds. The molecule has 0 radical (unpaired) electrons. The Hall–Kier alpha value is -3.85. The van der Waals surface area contributed by atoms with Gasteiger partial charge in [0.05, 0.1) is 6.21 Å². The number of amides is 2. The summed E-state index contributed by atoms with van der Waals surface area (Å²) in [6, 6.07) is 16.5. The number of aromatic nitrogens is 2. The zero-order valence-corrected chi connectivity index (χ0v) is 16.1. The van der Waals surface area contributed by atoms with E-state index in [0.717, 1.165) is 5.56 Å². The van der Waals surface area contributed by atoms with Crippen LogP contribution in [-0.4, -0.2) is 34.8 Å². The van der Waals surface area contributed by atoms with Gasteiger partial charge in [-0.15, -0.1) is 10.2 Å². The number of hydrogen-bond acceptors (Lipinski definition) is 7. The molecule has 1 heterocycles. The number of ether oxygens (including phenoxy) is 1. The molecule has 8 nitrogen and oxygen atoms in total. The van der Waals surface area contributed by atoms with Crippen LogP contribution in [0.15, 0.2) is 72.4 Å². The molecular weight excluding hydrogens is 390 g/mol. The Bertz CT molecular complexity index is 1030. The number of hydrogen-bond donors (Lipinski definition) is 2. The number of rotatable bonds is 7. The van der Waals surface area contributed by atoms with Crippen molar-refractivity contribution in [3.05, 3.63) is 72.8 Å². The third-order valence-electron chi connectivity index (χ3n) is 3.48. The fourth-order valence-electron chi connectivity index (χ4n) is 2.18. The summed E-state index contributed by atoms with van der Waals surface area (Å²) in [5.41, 5.74) is 3.74. The van der Waals surface area contributed by atoms with Crippen molar-refractivity contribution in [3.8, 4) is 16.3 Å². The first-order chi connectivity index (χ1) is 14.2. The SMILES string of the molecule is C=CCOc1cccc(/C=N\NC(=O)C(=O)Nc2nnc(-c3ccccc3)s2)c1. The molecule has 3 aromatic rings. The van der Waals surface area contributed by atoms with Crippen molar-refractivity contribution in [2.75, 3.05) is 11.9 Å². The Balaban J connectivity index is 1.53. The van der Waals surface area contributed by atoms with Crippen LogP contribution in [0.25, 0.3) is 10.6 Å². The Morgan fingerprint density at radius 2 is 1.93 bits per heavy atom. The normalized spacial score (nSPS) is 10.5. The van der Waals surface area contributed by atoms with Gasteiger partial charge in [-0.2, -0.15) is 5.10 Å². The third kappa shape index (κ3) is 5.81. The van der Waals surface area contributed by atoms with Crippen molar-refractivity contribution < 1.29 is 14.3 Å². The van der Waals surface area contributed by atoms with E-state index in [4.69, 9.17) is 4.74 Å². The highest BCUT2D eigenvalue weighted by Crippen LogP contribution is 2.25. The van der Waals surface area contributed by atoms with Gasteiger partial charge in [0.1, 0.15) is 17.4 Å². The molecule has 29 heavy (non-hydrogen) atoms. The number of hydrazone groups is 1. The lowest BCUT2D eigenvalue weighted by atomic mass is 10.2. The molecule has 0 spiro atoms. The molecule has 1 aromatic heterocycles. The topological polar surface area (TPSA) is 106 Å². The van der Waals surface area contributed by atoms with Gasteiger partial charge in [0.15, 0.2) is 0 Å². The van der Waals surface area contributed by atoms with E-state index in [-0.39, 0.29) is 5.13 Å². The number of anilines is 1. The van der Waals surface area contributed by atoms with Crippen LogP contribution in [0.2, 0.25) is 0 Å². The lowest BCUT2D eigenvalue weighted by molar-refractivity contribution is -0.136. The predicted molar refractivity (Wildman–Crippen MR) is 112 cm³/mol. The molecule has 0 bridgehead atoms. The smallest absolute Gasteiger partial charge is 0.329 e. The first kappa shape index (κ1) is 19.9. The first-order valence-corrected chi connectivity index (χ1v) is 9.34. The molecular formula is C20H17N5O3S. The Morgan fingerprint density at radius 1 is 1.10 bits per heavy atom. The molecule has 2 N–H and O–H groups in total. The number of nitrogens with zero attached hydrogens (tertiary/aromatic N) is 3. The third-order valence-corrected chi connectivity index (χ3v) is 4.37. The Morgan fingerprint density at radius 3 is 2.72 bits per heavy atom. The summed E-state index contributed by atoms with van der Waals surface area (Å²) in [6.45, 7) is 3.97. The van der Waals surface area contributed by atoms with Gasteiger partial charge in [-0.05, 0) is 17.7 Å². The summed E-state index contributed by atoms with van der Waals surface area (Å²) < 4.78 is 5.42. The van der Waals surface area contributed by atoms with E-state index in [1.807, 2.05) is 30.3 Å². The molecule has 146 valence electrons. The molecule has 0 aliphatic heterocycles. The van der Waals surface area contributed by atoms with E-state index < -0.39 is 11.8 Å². The van der Waals surface area contributed by atoms with Crippen LogP contribution in [0.1, 0.15) is 5.56 Å². The van der Waals surface area contributed by atoms with Crippen LogP contribution in [0, 0.1) is 0 Å². The van der Waals surface area contributed by atoms with Gasteiger partial charge in [-0.1, -0.05) is 66.5 Å². The monoisotopic (exact) mass is 407 g/mol. The van der Waals surface area contributed by atoms with E-state index in [1.165, 1.54) is 17.6 Å². The molecule has 0 atom stereocenters. The molecule has 0 saturated carbocycles. The molecule has 0 aliphatic carbocycles. The highest BCUT2D eigenvalue weighted by atomic mass is 32.1. The van der Waals surface area contributed by atoms with Crippen LogP contribution in [0.5, 0.6) is 5.75 Å². The van der Waals surface area contributed by atoms with E-state index in [0.29, 0.717) is 22.9 Å². The maximum Gasteiger partial charge on any atom is 0.329 e. The van der Waals surface area contributed by atoms with Gasteiger partial charge in [0, 0.05) is 5.56 Å². The van der Waals surface area contributed by atoms with Crippen molar-refractivity contribution in [2.45, 2.75) is 0 Å². The summed E-state index contributed by atoms with van der Waals surface area (Å²) in [6.07, 6.45) is 3.05. The Labute approximate surface area is 170 Å². The van der Waals surface area contributed by atoms with Crippen molar-refractivity contribution in [2.24, 2.45) is 5.10 Å². The zero-order chi connectivity index (χ0) is 20.5. The summed E-state index contributed by atoms with van der Waals surface area (Å²) >= 11 is 1.17. The largest absolute Gasteiger partial charge is 0.490 e. The highest BCUT2D eigenvalue weighted by Gasteiger charge is 2.16. The van der Waals surface area contributed by atoms with Crippen LogP contribution in [-0.2, 0) is 9.59 Å². The number of nitrogens with one attached hydrogen (secondary N) is 2. The number of benzene rings is 2. The highest BCUT2D eigenvalue weighted by molar-refractivity contribution is 7.18. The maximum atomic E-state index is 12.0. The summed E-state index contributed by atoms with van der Waals surface area (Å²) in [5.74, 6) is -1.17. The standard InChI is InChI=1S/C20H17N5O3S/c1-2-11-28-16-10-6-7-14(12-16)13-21-23-18(27)17(26)22-20-25-24-19(29-20)15-8-4-3-5-9-15/h2-10,12-13H,1,11H2,(H,23,27)(H,22,25,26)/b21-13-. The number of carbonyl (C=O) groups is 2. The summed E-state index contributed by atoms with van der Waals surface area (Å²) in [5, 5.41) is 14.9. The molecule has 0 saturated heterocycles. The van der Waals surface area contributed by atoms with Crippen LogP contribution in [0.3, 0.4) is 0 Å². The number of carbonyl (C=O) groups excluding carboxylic acids is 2. The molecule has 9 heteroatoms. The van der Waals surface area contributed by atoms with Crippen molar-refractivity contribution in [1.82, 2.24) is 15.6 Å². The fourth-order valence-corrected chi connectivity index (χ4v) is 2.93. The lowest BCUT2D eigenvalue weighted by Crippen LogP contribution is -2.32. The Kier molecular flexibility index (Phi) is 6.80. The zero-order valence-electron chi connectivity index (χ0n) is 15.2. The van der Waals surface area contributed by atoms with Crippen molar-refractivity contribution >= 4 is 34.5 Å². The van der Waals surface area contributed by atoms with Crippen molar-refractivity contribution in [1.29, 1.82) is 0 Å². The second-order valence-corrected chi connectivity index (χ2v) is 6.58. The van der Waals surface area contributed by atoms with Gasteiger partial charge >= 0.3 is 11.8 Å². The van der Waals surface area contributed by atoms with Crippen LogP contribution in [0.4, 0.5) is 5.13 Å². The van der Waals surface area contributed by atoms with E-state index in [1.54, 1.807) is 30.3 Å². The average Bonchev–Trinajstić information content (AvgIpc) is 3.21. The second kappa shape index (κ2) is 9.90. The van der Waals surface area contributed by atoms with Gasteiger partial charge < -0.3 is 4.74 Å². The minimum atomic E-state index is -0.920. The van der Waals surface area contributed by atoms with Gasteiger partial charge in [0.2, 0.25) is 5.13 Å². The van der Waals surface area contributed by atoms with Gasteiger partial charge in [-0.25, -0.2) is 5.43 Å². The minimum Gasteiger partial charge on any atom is -0.490 e. The van der Waals surface area contributed by atoms with Gasteiger partial charge in [-0.3, -0.25) is 14.9 Å². The molecule has 3 rings (SSSR count). The van der Waals surface area contributed by atoms with Crippen LogP contribution >= 0.6 is 11.3 Å². The van der Waals surface area contributed by atoms with E-state index in [2.05, 4.69) is 32.6 Å². The van der Waals surface area contributed by atoms with E-state index >= 15 is 0 Å². The van der Waals surface area contributed by atoms with Crippen LogP contribution < -0.4 is 15.5 Å². The molecule has 0 fully saturated rings. The molecule has 0 aliphatic rings. The second-order valence-electron chi connectivity index (χ2n) is 5.60. The lowest BCUT2D eigenvalue weighted by Gasteiger charge is -2.03. The average molecular weight is 407 g/mol. The predicted octanol–water partition coefficient (Wildman–Crippen LogP) is 2.86. The molecule has 2 aromatic carbocycles. The maximum absolute atomic E-state index is 12.0. The first-order valence-electron chi connectivity index (χ1n) is 8.53. The van der Waals surface area contributed by atoms with Gasteiger partial charge in [0.25, 0.3) is 0 Å².